The molecule has 0 radical (unpaired) electrons. The summed E-state index contributed by atoms with van der Waals surface area (Å²) in [4.78, 5) is 2.68. The Morgan fingerprint density at radius 1 is 0.919 bits per heavy atom. The van der Waals surface area contributed by atoms with Gasteiger partial charge in [-0.2, -0.15) is 4.31 Å². The van der Waals surface area contributed by atoms with Gasteiger partial charge in [0.05, 0.1) is 11.5 Å². The van der Waals surface area contributed by atoms with Crippen LogP contribution in [-0.4, -0.2) is 67.8 Å². The molecule has 3 heterocycles. The minimum absolute atomic E-state index is 0.0116. The van der Waals surface area contributed by atoms with Crippen molar-refractivity contribution >= 4 is 10.0 Å². The van der Waals surface area contributed by atoms with Gasteiger partial charge in [0.15, 0.2) is 11.5 Å². The second kappa shape index (κ2) is 9.76. The van der Waals surface area contributed by atoms with E-state index in [0.717, 1.165) is 53.1 Å². The Bertz CT molecular complexity index is 1390. The molecule has 0 unspecified atom stereocenters. The van der Waals surface area contributed by atoms with Crippen molar-refractivity contribution in [2.75, 3.05) is 33.0 Å². The smallest absolute Gasteiger partial charge is 0.243 e. The van der Waals surface area contributed by atoms with Crippen molar-refractivity contribution in [2.45, 2.75) is 42.7 Å². The third-order valence-corrected chi connectivity index (χ3v) is 10.1. The van der Waals surface area contributed by atoms with E-state index in [9.17, 15) is 13.5 Å². The molecule has 0 amide bonds. The maximum atomic E-state index is 13.7. The predicted octanol–water partition coefficient (Wildman–Crippen LogP) is 4.00. The molecular formula is C29H32N2O5S. The van der Waals surface area contributed by atoms with Gasteiger partial charge >= 0.3 is 0 Å². The topological polar surface area (TPSA) is 79.3 Å². The zero-order valence-corrected chi connectivity index (χ0v) is 21.7. The SMILES string of the molecule is Cc1ccccc1S(=O)(=O)N1CCCCN2[C@H](CO)[C@@H](c3ccc(-c4ccc5c(c4)OCO5)cc3)[C@@H]2C1. The molecule has 0 spiro atoms. The molecule has 1 N–H and O–H groups in total. The molecule has 3 aliphatic rings. The molecule has 0 aromatic heterocycles. The first-order valence-corrected chi connectivity index (χ1v) is 14.3. The summed E-state index contributed by atoms with van der Waals surface area (Å²) in [6.45, 7) is 3.95. The Hall–Kier alpha value is -2.91. The van der Waals surface area contributed by atoms with Crippen molar-refractivity contribution < 1.29 is 23.0 Å². The van der Waals surface area contributed by atoms with Crippen molar-refractivity contribution in [2.24, 2.45) is 0 Å². The first kappa shape index (κ1) is 24.4. The van der Waals surface area contributed by atoms with Crippen LogP contribution in [0.4, 0.5) is 0 Å². The highest BCUT2D eigenvalue weighted by Crippen LogP contribution is 2.43. The highest BCUT2D eigenvalue weighted by atomic mass is 32.2. The molecule has 0 aliphatic carbocycles. The Morgan fingerprint density at radius 3 is 2.43 bits per heavy atom. The van der Waals surface area contributed by atoms with E-state index in [2.05, 4.69) is 29.2 Å². The summed E-state index contributed by atoms with van der Waals surface area (Å²) in [7, 11) is -3.61. The summed E-state index contributed by atoms with van der Waals surface area (Å²) in [5, 5.41) is 10.3. The summed E-state index contributed by atoms with van der Waals surface area (Å²) in [5.41, 5.74) is 4.00. The molecule has 7 nitrogen and oxygen atoms in total. The van der Waals surface area contributed by atoms with E-state index in [1.807, 2.05) is 37.3 Å². The molecule has 0 bridgehead atoms. The van der Waals surface area contributed by atoms with Crippen LogP contribution in [0.25, 0.3) is 11.1 Å². The number of fused-ring (bicyclic) bond motifs is 2. The maximum Gasteiger partial charge on any atom is 0.243 e. The molecule has 37 heavy (non-hydrogen) atoms. The van der Waals surface area contributed by atoms with Gasteiger partial charge in [0, 0.05) is 31.1 Å². The third-order valence-electron chi connectivity index (χ3n) is 8.05. The van der Waals surface area contributed by atoms with E-state index in [1.54, 1.807) is 16.4 Å². The first-order valence-electron chi connectivity index (χ1n) is 12.9. The lowest BCUT2D eigenvalue weighted by molar-refractivity contribution is -0.0553. The Balaban J connectivity index is 1.27. The van der Waals surface area contributed by atoms with Gasteiger partial charge in [0.2, 0.25) is 16.8 Å². The Labute approximate surface area is 218 Å². The van der Waals surface area contributed by atoms with Gasteiger partial charge in [-0.3, -0.25) is 4.90 Å². The van der Waals surface area contributed by atoms with Gasteiger partial charge in [-0.1, -0.05) is 48.5 Å². The quantitative estimate of drug-likeness (QED) is 0.548. The van der Waals surface area contributed by atoms with Crippen LogP contribution in [0.5, 0.6) is 11.5 Å². The van der Waals surface area contributed by atoms with Gasteiger partial charge < -0.3 is 14.6 Å². The fraction of sp³-hybridized carbons (Fsp3) is 0.379. The highest BCUT2D eigenvalue weighted by Gasteiger charge is 2.50. The van der Waals surface area contributed by atoms with Crippen molar-refractivity contribution in [3.8, 4) is 22.6 Å². The number of sulfonamides is 1. The summed E-state index contributed by atoms with van der Waals surface area (Å²) in [5.74, 6) is 1.57. The largest absolute Gasteiger partial charge is 0.454 e. The molecule has 194 valence electrons. The zero-order valence-electron chi connectivity index (χ0n) is 20.9. The Kier molecular flexibility index (Phi) is 6.44. The van der Waals surface area contributed by atoms with Crippen LogP contribution in [0.2, 0.25) is 0 Å². The van der Waals surface area contributed by atoms with E-state index < -0.39 is 10.0 Å². The van der Waals surface area contributed by atoms with Crippen LogP contribution in [-0.2, 0) is 10.0 Å². The molecule has 3 aromatic rings. The monoisotopic (exact) mass is 520 g/mol. The number of aryl methyl sites for hydroxylation is 1. The lowest BCUT2D eigenvalue weighted by Crippen LogP contribution is -2.67. The van der Waals surface area contributed by atoms with E-state index >= 15 is 0 Å². The maximum absolute atomic E-state index is 13.7. The van der Waals surface area contributed by atoms with Crippen LogP contribution in [0.1, 0.15) is 29.9 Å². The van der Waals surface area contributed by atoms with Crippen molar-refractivity contribution in [3.63, 3.8) is 0 Å². The number of rotatable bonds is 5. The second-order valence-electron chi connectivity index (χ2n) is 10.1. The third kappa shape index (κ3) is 4.32. The number of aliphatic hydroxyl groups is 1. The van der Waals surface area contributed by atoms with Crippen LogP contribution < -0.4 is 9.47 Å². The molecule has 3 aliphatic heterocycles. The van der Waals surface area contributed by atoms with Crippen molar-refractivity contribution in [3.05, 3.63) is 77.9 Å². The number of nitrogens with zero attached hydrogens (tertiary/aromatic N) is 2. The zero-order chi connectivity index (χ0) is 25.6. The van der Waals surface area contributed by atoms with E-state index in [1.165, 1.54) is 0 Å². The lowest BCUT2D eigenvalue weighted by atomic mass is 9.74. The summed E-state index contributed by atoms with van der Waals surface area (Å²) >= 11 is 0. The van der Waals surface area contributed by atoms with Gasteiger partial charge in [-0.25, -0.2) is 8.42 Å². The normalized spacial score (nSPS) is 24.1. The van der Waals surface area contributed by atoms with Gasteiger partial charge in [0.25, 0.3) is 0 Å². The van der Waals surface area contributed by atoms with Crippen molar-refractivity contribution in [1.29, 1.82) is 0 Å². The van der Waals surface area contributed by atoms with E-state index in [-0.39, 0.29) is 31.4 Å². The fourth-order valence-corrected chi connectivity index (χ4v) is 7.81. The van der Waals surface area contributed by atoms with Crippen molar-refractivity contribution in [1.82, 2.24) is 9.21 Å². The van der Waals surface area contributed by atoms with Gasteiger partial charge in [-0.15, -0.1) is 0 Å². The molecule has 2 fully saturated rings. The van der Waals surface area contributed by atoms with Crippen LogP contribution in [0.3, 0.4) is 0 Å². The Morgan fingerprint density at radius 2 is 1.65 bits per heavy atom. The number of hydrogen-bond donors (Lipinski definition) is 1. The number of aliphatic hydroxyl groups excluding tert-OH is 1. The molecular weight excluding hydrogens is 488 g/mol. The van der Waals surface area contributed by atoms with Crippen LogP contribution in [0.15, 0.2) is 71.6 Å². The average molecular weight is 521 g/mol. The summed E-state index contributed by atoms with van der Waals surface area (Å²) in [6, 6.07) is 21.6. The number of hydrogen-bond acceptors (Lipinski definition) is 6. The molecule has 6 rings (SSSR count). The molecule has 0 saturated carbocycles. The van der Waals surface area contributed by atoms with Crippen LogP contribution >= 0.6 is 0 Å². The highest BCUT2D eigenvalue weighted by molar-refractivity contribution is 7.89. The summed E-state index contributed by atoms with van der Waals surface area (Å²) < 4.78 is 39.9. The molecule has 3 atom stereocenters. The minimum atomic E-state index is -3.61. The fourth-order valence-electron chi connectivity index (χ4n) is 6.09. The second-order valence-corrected chi connectivity index (χ2v) is 12.0. The predicted molar refractivity (Wildman–Crippen MR) is 141 cm³/mol. The average Bonchev–Trinajstić information content (AvgIpc) is 3.36. The lowest BCUT2D eigenvalue weighted by Gasteiger charge is -2.57. The van der Waals surface area contributed by atoms with E-state index in [4.69, 9.17) is 9.47 Å². The summed E-state index contributed by atoms with van der Waals surface area (Å²) in [6.07, 6.45) is 1.71. The number of benzene rings is 3. The minimum Gasteiger partial charge on any atom is -0.454 e. The van der Waals surface area contributed by atoms with Gasteiger partial charge in [-0.05, 0) is 66.8 Å². The first-order chi connectivity index (χ1) is 18.0. The van der Waals surface area contributed by atoms with Gasteiger partial charge in [0.1, 0.15) is 0 Å². The molecule has 8 heteroatoms. The molecule has 2 saturated heterocycles. The van der Waals surface area contributed by atoms with E-state index in [0.29, 0.717) is 18.0 Å². The van der Waals surface area contributed by atoms with Crippen LogP contribution in [0, 0.1) is 6.92 Å². The number of ether oxygens (including phenoxy) is 2. The molecule has 3 aromatic carbocycles. The standard InChI is InChI=1S/C29H32N2O5S/c1-20-6-2-3-7-28(20)37(33,34)30-14-4-5-15-31-24(17-30)29(25(31)18-32)22-10-8-21(9-11-22)23-12-13-26-27(16-23)36-19-35-26/h2-3,6-13,16,24-25,29,32H,4-5,14-15,17-19H2,1H3/t24-,25+,29-/m0/s1.